The average molecular weight is 1320 g/mol. The molecule has 0 saturated carbocycles. The molecule has 7 fully saturated rings. The summed E-state index contributed by atoms with van der Waals surface area (Å²) < 4.78 is 151. The molecule has 36 nitrogen and oxygen atoms in total. The largest absolute Gasteiger partial charge is 0.394 e. The minimum atomic E-state index is -2.06. The summed E-state index contributed by atoms with van der Waals surface area (Å²) in [5, 5.41) is 118. The summed E-state index contributed by atoms with van der Waals surface area (Å²) in [5.41, 5.74) is 0. The maximum atomic E-state index is 11.7. The Hall–Kier alpha value is -1.44. The van der Waals surface area contributed by atoms with Gasteiger partial charge in [-0.1, -0.05) is 0 Å². The zero-order valence-corrected chi connectivity index (χ0v) is 52.3. The first-order valence-electron chi connectivity index (χ1n) is 29.3. The van der Waals surface area contributed by atoms with Crippen LogP contribution in [0.1, 0.15) is 0 Å². The van der Waals surface area contributed by atoms with E-state index in [1.807, 2.05) is 0 Å². The van der Waals surface area contributed by atoms with E-state index in [4.69, 9.17) is 118 Å². The van der Waals surface area contributed by atoms with Crippen LogP contribution in [0.5, 0.6) is 0 Å². The van der Waals surface area contributed by atoms with Gasteiger partial charge in [-0.05, 0) is 0 Å². The van der Waals surface area contributed by atoms with Crippen LogP contribution in [0.4, 0.5) is 0 Å². The Labute approximate surface area is 520 Å². The van der Waals surface area contributed by atoms with E-state index in [0.29, 0.717) is 0 Å². The second kappa shape index (κ2) is 35.7. The molecule has 0 aromatic rings. The van der Waals surface area contributed by atoms with Crippen LogP contribution in [0.2, 0.25) is 0 Å². The summed E-state index contributed by atoms with van der Waals surface area (Å²) >= 11 is 0. The van der Waals surface area contributed by atoms with Crippen LogP contribution in [0, 0.1) is 0 Å². The fourth-order valence-corrected chi connectivity index (χ4v) is 12.6. The molecule has 4 unspecified atom stereocenters. The molecule has 7 aliphatic rings. The molecule has 0 aromatic heterocycles. The van der Waals surface area contributed by atoms with Gasteiger partial charge in [0.25, 0.3) is 0 Å². The summed E-state index contributed by atoms with van der Waals surface area (Å²) in [6, 6.07) is 0. The molecule has 36 heteroatoms. The van der Waals surface area contributed by atoms with E-state index in [1.54, 1.807) is 0 Å². The van der Waals surface area contributed by atoms with Crippen molar-refractivity contribution >= 4 is 0 Å². The molecule has 528 valence electrons. The van der Waals surface area contributed by atoms with Gasteiger partial charge < -0.3 is 175 Å². The van der Waals surface area contributed by atoms with Crippen LogP contribution in [-0.4, -0.2) is 403 Å². The minimum absolute atomic E-state index is 0.00202. The molecular formula is C54H96O36. The molecule has 0 aromatic carbocycles. The van der Waals surface area contributed by atoms with Gasteiger partial charge in [-0.3, -0.25) is 0 Å². The van der Waals surface area contributed by atoms with Crippen molar-refractivity contribution in [1.82, 2.24) is 0 Å². The van der Waals surface area contributed by atoms with Crippen molar-refractivity contribution in [2.24, 2.45) is 0 Å². The van der Waals surface area contributed by atoms with Crippen molar-refractivity contribution in [2.45, 2.75) is 215 Å². The van der Waals surface area contributed by atoms with E-state index in [9.17, 15) is 56.2 Å². The summed E-state index contributed by atoms with van der Waals surface area (Å²) in [6.45, 7) is -3.00. The van der Waals surface area contributed by atoms with Crippen molar-refractivity contribution in [2.75, 3.05) is 132 Å². The van der Waals surface area contributed by atoms with Gasteiger partial charge in [0, 0.05) is 85.3 Å². The van der Waals surface area contributed by atoms with Gasteiger partial charge in [-0.2, -0.15) is 0 Å². The van der Waals surface area contributed by atoms with Crippen molar-refractivity contribution in [3.05, 3.63) is 0 Å². The normalized spacial score (nSPS) is 48.0. The Bertz CT molecular complexity index is 2030. The maximum absolute atomic E-state index is 11.7. The highest BCUT2D eigenvalue weighted by atomic mass is 16.8. The van der Waals surface area contributed by atoms with E-state index in [-0.39, 0.29) is 26.4 Å². The molecule has 0 radical (unpaired) electrons. The fraction of sp³-hybridized carbons (Fsp3) is 1.00. The van der Waals surface area contributed by atoms with Crippen LogP contribution in [0.3, 0.4) is 0 Å². The monoisotopic (exact) mass is 1320 g/mol. The number of hydrogen-bond donors (Lipinski definition) is 11. The third-order valence-electron chi connectivity index (χ3n) is 17.1. The van der Waals surface area contributed by atoms with E-state index in [1.165, 1.54) is 85.3 Å². The first-order chi connectivity index (χ1) is 43.3. The first kappa shape index (κ1) is 75.9. The van der Waals surface area contributed by atoms with E-state index in [2.05, 4.69) is 0 Å². The number of aliphatic hydroxyl groups is 11. The Balaban J connectivity index is 1.05. The van der Waals surface area contributed by atoms with Crippen LogP contribution in [0.15, 0.2) is 0 Å². The van der Waals surface area contributed by atoms with Crippen molar-refractivity contribution in [1.29, 1.82) is 0 Å². The number of hydrogen-bond acceptors (Lipinski definition) is 36. The fourth-order valence-electron chi connectivity index (χ4n) is 12.6. The lowest BCUT2D eigenvalue weighted by Crippen LogP contribution is -2.69. The second-order valence-corrected chi connectivity index (χ2v) is 22.3. The number of rotatable bonds is 31. The van der Waals surface area contributed by atoms with Crippen LogP contribution in [0.25, 0.3) is 0 Å². The molecule has 35 atom stereocenters. The zero-order chi connectivity index (χ0) is 65.8. The lowest BCUT2D eigenvalue weighted by Gasteiger charge is -2.52. The lowest BCUT2D eigenvalue weighted by atomic mass is 9.94. The maximum Gasteiger partial charge on any atom is 0.187 e. The topological polar surface area (TPSA) is 453 Å². The molecule has 7 saturated heterocycles. The summed E-state index contributed by atoms with van der Waals surface area (Å²) in [6.07, 6.45) is -48.8. The molecule has 0 bridgehead atoms. The minimum Gasteiger partial charge on any atom is -0.394 e. The molecular weight excluding hydrogens is 1220 g/mol. The standard InChI is InChI=1S/C54H96O36/c1-66-16-23-36(40(70-5)44(74-9)48(65)78-23)88-52-46(76-11)42(72-7)38(25(83-52)18-68-3)90-54-47(77-12)43(73-8)39(26(84-54)19-69-4)89-53-45(75-10)41(71-6)37(24(82-53)17-67-2)87-51-33(64)30(61)35(22(15-57)81-51)86-50-32(63)29(60)34(21(14-56)80-50)85-49-31(62)28(59)27(58)20(13-55)79-49/h20-65H,13-19H2,1-12H3/t20-,21-,22-,23+,24+,25+,26+,27-,28-,29+,30+,31+,32+,33+,34-,35-,36+,37+,38+,39+,40+,41+,42+,43+,44-,45-,46-,47-,48?,49+,50+,51+,52?,53?,54?/m0/s1. The number of methoxy groups -OCH3 is 12. The highest BCUT2D eigenvalue weighted by molar-refractivity contribution is 5.02. The third kappa shape index (κ3) is 16.4. The van der Waals surface area contributed by atoms with E-state index < -0.39 is 235 Å². The van der Waals surface area contributed by atoms with Crippen molar-refractivity contribution in [3.63, 3.8) is 0 Å². The Morgan fingerprint density at radius 2 is 0.467 bits per heavy atom. The van der Waals surface area contributed by atoms with Crippen LogP contribution >= 0.6 is 0 Å². The number of aliphatic hydroxyl groups excluding tert-OH is 11. The van der Waals surface area contributed by atoms with Gasteiger partial charge >= 0.3 is 0 Å². The predicted molar refractivity (Wildman–Crippen MR) is 289 cm³/mol. The lowest BCUT2D eigenvalue weighted by molar-refractivity contribution is -0.402. The van der Waals surface area contributed by atoms with Gasteiger partial charge in [-0.15, -0.1) is 0 Å². The predicted octanol–water partition coefficient (Wildman–Crippen LogP) is -8.43. The van der Waals surface area contributed by atoms with E-state index >= 15 is 0 Å². The van der Waals surface area contributed by atoms with Crippen molar-refractivity contribution < 1.29 is 175 Å². The van der Waals surface area contributed by atoms with E-state index in [0.717, 1.165) is 0 Å². The molecule has 11 N–H and O–H groups in total. The highest BCUT2D eigenvalue weighted by Crippen LogP contribution is 2.40. The average Bonchev–Trinajstić information content (AvgIpc) is 0.877. The molecule has 0 aliphatic carbocycles. The SMILES string of the molecule is COC[C@H]1OC(O)[C@@H](OC)[C@H](OC)[C@@H]1OC1O[C@H](COC)[C@@H](OC2O[C@H](COC)[C@@H](OC3O[C@H](COC)[C@@H](O[C@H]4O[C@@H](CO)[C@H](O[C@H]5O[C@@H](CO)[C@H](O[C@H]6O[C@@H](CO)[C@H](O)[C@H](O)[C@H]6O)[C@H](O)[C@H]5O)[C@H](O)[C@H]4O)[C@@H](OC)[C@@H]3OC)[C@@H](OC)[C@@H]2OC)[C@@H](OC)[C@@H]1OC. The Kier molecular flexibility index (Phi) is 30.1. The molecule has 90 heavy (non-hydrogen) atoms. The van der Waals surface area contributed by atoms with Gasteiger partial charge in [0.2, 0.25) is 0 Å². The van der Waals surface area contributed by atoms with Crippen LogP contribution in [-0.2, 0) is 118 Å². The van der Waals surface area contributed by atoms with Crippen LogP contribution < -0.4 is 0 Å². The van der Waals surface area contributed by atoms with Gasteiger partial charge in [0.15, 0.2) is 44.0 Å². The summed E-state index contributed by atoms with van der Waals surface area (Å²) in [7, 11) is 17.0. The first-order valence-corrected chi connectivity index (χ1v) is 29.3. The quantitative estimate of drug-likeness (QED) is 0.0307. The smallest absolute Gasteiger partial charge is 0.187 e. The molecule has 0 spiro atoms. The molecule has 7 aliphatic heterocycles. The summed E-state index contributed by atoms with van der Waals surface area (Å²) in [5.74, 6) is 0. The number of ether oxygens (including phenoxy) is 25. The highest BCUT2D eigenvalue weighted by Gasteiger charge is 2.60. The van der Waals surface area contributed by atoms with Gasteiger partial charge in [-0.25, -0.2) is 0 Å². The third-order valence-corrected chi connectivity index (χ3v) is 17.1. The Morgan fingerprint density at radius 1 is 0.222 bits per heavy atom. The Morgan fingerprint density at radius 3 is 0.756 bits per heavy atom. The molecule has 7 heterocycles. The zero-order valence-electron chi connectivity index (χ0n) is 52.3. The van der Waals surface area contributed by atoms with Gasteiger partial charge in [0.05, 0.1) is 46.2 Å². The molecule has 7 rings (SSSR count). The second-order valence-electron chi connectivity index (χ2n) is 22.3. The van der Waals surface area contributed by atoms with Crippen molar-refractivity contribution in [3.8, 4) is 0 Å². The molecule has 0 amide bonds. The van der Waals surface area contributed by atoms with Gasteiger partial charge in [0.1, 0.15) is 171 Å². The summed E-state index contributed by atoms with van der Waals surface area (Å²) in [4.78, 5) is 0.